The summed E-state index contributed by atoms with van der Waals surface area (Å²) in [6.07, 6.45) is 0.723. The number of aryl methyl sites for hydroxylation is 4. The average molecular weight is 318 g/mol. The van der Waals surface area contributed by atoms with Crippen LogP contribution in [0.3, 0.4) is 0 Å². The Bertz CT molecular complexity index is 929. The van der Waals surface area contributed by atoms with Gasteiger partial charge in [-0.05, 0) is 56.0 Å². The summed E-state index contributed by atoms with van der Waals surface area (Å²) in [6, 6.07) is 14.0. The minimum absolute atomic E-state index is 0.0868. The van der Waals surface area contributed by atoms with E-state index in [4.69, 9.17) is 4.98 Å². The van der Waals surface area contributed by atoms with Gasteiger partial charge in [0.05, 0.1) is 16.8 Å². The first-order valence-electron chi connectivity index (χ1n) is 8.28. The summed E-state index contributed by atoms with van der Waals surface area (Å²) in [5, 5.41) is 4.10. The second-order valence-corrected chi connectivity index (χ2v) is 6.20. The molecule has 0 spiro atoms. The van der Waals surface area contributed by atoms with Crippen molar-refractivity contribution in [1.82, 2.24) is 4.98 Å². The first-order valence-corrected chi connectivity index (χ1v) is 8.28. The number of benzene rings is 2. The zero-order valence-electron chi connectivity index (χ0n) is 14.6. The van der Waals surface area contributed by atoms with Crippen molar-refractivity contribution in [3.05, 3.63) is 70.4 Å². The van der Waals surface area contributed by atoms with E-state index >= 15 is 0 Å². The number of fused-ring (bicyclic) bond motifs is 1. The molecule has 122 valence electrons. The van der Waals surface area contributed by atoms with Gasteiger partial charge in [0, 0.05) is 11.1 Å². The third-order valence-electron chi connectivity index (χ3n) is 4.43. The van der Waals surface area contributed by atoms with Crippen molar-refractivity contribution < 1.29 is 4.79 Å². The molecule has 3 rings (SSSR count). The molecule has 0 aliphatic rings. The zero-order valence-corrected chi connectivity index (χ0v) is 14.6. The first-order chi connectivity index (χ1) is 11.5. The number of aromatic nitrogens is 1. The molecule has 24 heavy (non-hydrogen) atoms. The molecule has 3 nitrogen and oxygen atoms in total. The van der Waals surface area contributed by atoms with Crippen molar-refractivity contribution in [2.75, 3.05) is 5.32 Å². The number of hydrogen-bond acceptors (Lipinski definition) is 2. The second-order valence-electron chi connectivity index (χ2n) is 6.20. The van der Waals surface area contributed by atoms with Crippen molar-refractivity contribution >= 4 is 22.5 Å². The normalized spacial score (nSPS) is 10.8. The smallest absolute Gasteiger partial charge is 0.257 e. The molecule has 0 aliphatic heterocycles. The van der Waals surface area contributed by atoms with Crippen molar-refractivity contribution in [3.8, 4) is 0 Å². The molecule has 3 heteroatoms. The summed E-state index contributed by atoms with van der Waals surface area (Å²) in [5.41, 5.74) is 6.49. The van der Waals surface area contributed by atoms with Crippen LogP contribution in [0.4, 0.5) is 5.69 Å². The van der Waals surface area contributed by atoms with E-state index in [0.717, 1.165) is 45.4 Å². The highest BCUT2D eigenvalue weighted by Crippen LogP contribution is 2.25. The third kappa shape index (κ3) is 2.90. The molecule has 0 unspecified atom stereocenters. The van der Waals surface area contributed by atoms with E-state index in [1.165, 1.54) is 0 Å². The van der Waals surface area contributed by atoms with Crippen LogP contribution in [0.1, 0.15) is 39.7 Å². The standard InChI is InChI=1S/C21H22N2O/c1-5-17-20(15(4)16-8-6-7-9-18(16)22-17)21(24)23-19-12-13(2)10-11-14(19)3/h6-12H,5H2,1-4H3,(H,23,24). The summed E-state index contributed by atoms with van der Waals surface area (Å²) < 4.78 is 0. The number of amides is 1. The zero-order chi connectivity index (χ0) is 17.3. The summed E-state index contributed by atoms with van der Waals surface area (Å²) >= 11 is 0. The Labute approximate surface area is 142 Å². The van der Waals surface area contributed by atoms with Gasteiger partial charge in [-0.3, -0.25) is 9.78 Å². The number of nitrogens with one attached hydrogen (secondary N) is 1. The Morgan fingerprint density at radius 1 is 1.08 bits per heavy atom. The number of carbonyl (C=O) groups excluding carboxylic acids is 1. The molecule has 1 N–H and O–H groups in total. The molecule has 0 fully saturated rings. The maximum Gasteiger partial charge on any atom is 0.257 e. The van der Waals surface area contributed by atoms with Crippen LogP contribution in [-0.4, -0.2) is 10.9 Å². The molecule has 3 aromatic rings. The van der Waals surface area contributed by atoms with Crippen molar-refractivity contribution in [3.63, 3.8) is 0 Å². The largest absolute Gasteiger partial charge is 0.322 e. The van der Waals surface area contributed by atoms with Crippen molar-refractivity contribution in [2.24, 2.45) is 0 Å². The van der Waals surface area contributed by atoms with Gasteiger partial charge in [-0.2, -0.15) is 0 Å². The topological polar surface area (TPSA) is 42.0 Å². The van der Waals surface area contributed by atoms with Crippen molar-refractivity contribution in [1.29, 1.82) is 0 Å². The van der Waals surface area contributed by atoms with Gasteiger partial charge in [0.1, 0.15) is 0 Å². The second kappa shape index (κ2) is 6.44. The number of para-hydroxylation sites is 1. The molecular weight excluding hydrogens is 296 g/mol. The fraction of sp³-hybridized carbons (Fsp3) is 0.238. The highest BCUT2D eigenvalue weighted by Gasteiger charge is 2.18. The van der Waals surface area contributed by atoms with Crippen LogP contribution in [0.2, 0.25) is 0 Å². The lowest BCUT2D eigenvalue weighted by Crippen LogP contribution is -2.18. The van der Waals surface area contributed by atoms with E-state index in [1.54, 1.807) is 0 Å². The third-order valence-corrected chi connectivity index (χ3v) is 4.43. The van der Waals surface area contributed by atoms with E-state index in [2.05, 4.69) is 5.32 Å². The predicted molar refractivity (Wildman–Crippen MR) is 99.7 cm³/mol. The molecular formula is C21H22N2O. The minimum Gasteiger partial charge on any atom is -0.322 e. The monoisotopic (exact) mass is 318 g/mol. The number of rotatable bonds is 3. The maximum absolute atomic E-state index is 13.0. The molecule has 0 aliphatic carbocycles. The summed E-state index contributed by atoms with van der Waals surface area (Å²) in [6.45, 7) is 8.06. The number of pyridine rings is 1. The Balaban J connectivity index is 2.09. The molecule has 1 aromatic heterocycles. The maximum atomic E-state index is 13.0. The van der Waals surface area contributed by atoms with Gasteiger partial charge in [-0.15, -0.1) is 0 Å². The fourth-order valence-electron chi connectivity index (χ4n) is 3.05. The van der Waals surface area contributed by atoms with E-state index in [-0.39, 0.29) is 5.91 Å². The SMILES string of the molecule is CCc1nc2ccccc2c(C)c1C(=O)Nc1cc(C)ccc1C. The molecule has 0 saturated heterocycles. The van der Waals surface area contributed by atoms with Crippen molar-refractivity contribution in [2.45, 2.75) is 34.1 Å². The lowest BCUT2D eigenvalue weighted by atomic mass is 9.99. The molecule has 0 bridgehead atoms. The number of carbonyl (C=O) groups is 1. The summed E-state index contributed by atoms with van der Waals surface area (Å²) in [7, 11) is 0. The fourth-order valence-corrected chi connectivity index (χ4v) is 3.05. The molecule has 0 saturated carbocycles. The van der Waals surface area contributed by atoms with Gasteiger partial charge < -0.3 is 5.32 Å². The van der Waals surface area contributed by atoms with E-state index in [0.29, 0.717) is 5.56 Å². The van der Waals surface area contributed by atoms with Crippen LogP contribution in [0.15, 0.2) is 42.5 Å². The molecule has 1 amide bonds. The van der Waals surface area contributed by atoms with Gasteiger partial charge in [0.15, 0.2) is 0 Å². The summed E-state index contributed by atoms with van der Waals surface area (Å²) in [4.78, 5) is 17.7. The van der Waals surface area contributed by atoms with Crippen LogP contribution < -0.4 is 5.32 Å². The first kappa shape index (κ1) is 16.2. The Kier molecular flexibility index (Phi) is 4.34. The van der Waals surface area contributed by atoms with Crippen LogP contribution in [0.25, 0.3) is 10.9 Å². The van der Waals surface area contributed by atoms with E-state index in [1.807, 2.05) is 70.2 Å². The van der Waals surface area contributed by atoms with Crippen LogP contribution >= 0.6 is 0 Å². The highest BCUT2D eigenvalue weighted by atomic mass is 16.1. The van der Waals surface area contributed by atoms with E-state index in [9.17, 15) is 4.79 Å². The van der Waals surface area contributed by atoms with Gasteiger partial charge in [0.25, 0.3) is 5.91 Å². The van der Waals surface area contributed by atoms with Crippen LogP contribution in [-0.2, 0) is 6.42 Å². The molecule has 0 radical (unpaired) electrons. The molecule has 2 aromatic carbocycles. The Morgan fingerprint density at radius 2 is 1.83 bits per heavy atom. The van der Waals surface area contributed by atoms with E-state index < -0.39 is 0 Å². The van der Waals surface area contributed by atoms with Gasteiger partial charge in [0.2, 0.25) is 0 Å². The van der Waals surface area contributed by atoms with Crippen LogP contribution in [0, 0.1) is 20.8 Å². The lowest BCUT2D eigenvalue weighted by molar-refractivity contribution is 0.102. The Morgan fingerprint density at radius 3 is 2.58 bits per heavy atom. The predicted octanol–water partition coefficient (Wildman–Crippen LogP) is 4.97. The lowest BCUT2D eigenvalue weighted by Gasteiger charge is -2.15. The summed E-state index contributed by atoms with van der Waals surface area (Å²) in [5.74, 6) is -0.0868. The molecule has 0 atom stereocenters. The van der Waals surface area contributed by atoms with Gasteiger partial charge in [-0.25, -0.2) is 0 Å². The Hall–Kier alpha value is -2.68. The average Bonchev–Trinajstić information content (AvgIpc) is 2.57. The van der Waals surface area contributed by atoms with Gasteiger partial charge >= 0.3 is 0 Å². The minimum atomic E-state index is -0.0868. The number of nitrogens with zero attached hydrogens (tertiary/aromatic N) is 1. The quantitative estimate of drug-likeness (QED) is 0.740. The highest BCUT2D eigenvalue weighted by molar-refractivity contribution is 6.08. The van der Waals surface area contributed by atoms with Crippen LogP contribution in [0.5, 0.6) is 0 Å². The number of anilines is 1. The number of hydrogen-bond donors (Lipinski definition) is 1. The molecule has 1 heterocycles. The van der Waals surface area contributed by atoms with Gasteiger partial charge in [-0.1, -0.05) is 37.3 Å².